The molecule has 0 bridgehead atoms. The highest BCUT2D eigenvalue weighted by atomic mass is 16.7. The molecule has 3 aromatic carbocycles. The molecule has 0 aromatic heterocycles. The molecule has 3 atom stereocenters. The maximum Gasteiger partial charge on any atom is 0.421 e. The van der Waals surface area contributed by atoms with Crippen molar-refractivity contribution < 1.29 is 24.1 Å². The van der Waals surface area contributed by atoms with Gasteiger partial charge in [-0.05, 0) is 57.0 Å². The van der Waals surface area contributed by atoms with Gasteiger partial charge in [0.25, 0.3) is 11.9 Å². The van der Waals surface area contributed by atoms with Crippen molar-refractivity contribution in [3.63, 3.8) is 0 Å². The lowest BCUT2D eigenvalue weighted by Gasteiger charge is -2.33. The average molecular weight is 502 g/mol. The van der Waals surface area contributed by atoms with Crippen molar-refractivity contribution in [1.29, 1.82) is 0 Å². The van der Waals surface area contributed by atoms with Crippen molar-refractivity contribution in [2.45, 2.75) is 51.0 Å². The number of carbonyl (C=O) groups is 2. The molecule has 0 radical (unpaired) electrons. The maximum atomic E-state index is 14.5. The first-order valence-corrected chi connectivity index (χ1v) is 11.9. The molecule has 1 spiro atoms. The second kappa shape index (κ2) is 8.70. The molecule has 1 saturated heterocycles. The van der Waals surface area contributed by atoms with E-state index in [-0.39, 0.29) is 5.69 Å². The van der Waals surface area contributed by atoms with Crippen molar-refractivity contribution in [1.82, 2.24) is 0 Å². The molecule has 0 N–H and O–H groups in total. The predicted octanol–water partition coefficient (Wildman–Crippen LogP) is 5.31. The van der Waals surface area contributed by atoms with Crippen LogP contribution in [0.1, 0.15) is 43.6 Å². The van der Waals surface area contributed by atoms with Crippen molar-refractivity contribution in [3.8, 4) is 0 Å². The molecule has 0 saturated carbocycles. The topological polar surface area (TPSA) is 102 Å². The Labute approximate surface area is 214 Å². The van der Waals surface area contributed by atoms with Gasteiger partial charge < -0.3 is 4.74 Å². The number of amides is 2. The molecule has 3 aromatic rings. The zero-order valence-corrected chi connectivity index (χ0v) is 21.0. The number of rotatable bonds is 3. The molecule has 37 heavy (non-hydrogen) atoms. The lowest BCUT2D eigenvalue weighted by molar-refractivity contribution is -0.535. The number of para-hydroxylation sites is 1. The Morgan fingerprint density at radius 1 is 1.03 bits per heavy atom. The highest BCUT2D eigenvalue weighted by Gasteiger charge is 2.74. The van der Waals surface area contributed by atoms with E-state index in [0.717, 1.165) is 10.5 Å². The van der Waals surface area contributed by atoms with Gasteiger partial charge in [0, 0.05) is 10.5 Å². The van der Waals surface area contributed by atoms with Crippen LogP contribution in [0, 0.1) is 17.0 Å². The van der Waals surface area contributed by atoms with E-state index in [4.69, 9.17) is 9.57 Å². The average Bonchev–Trinajstić information content (AvgIpc) is 3.33. The number of hydrogen-bond donors (Lipinski definition) is 0. The van der Waals surface area contributed by atoms with Gasteiger partial charge in [-0.25, -0.2) is 14.8 Å². The Bertz CT molecular complexity index is 1390. The summed E-state index contributed by atoms with van der Waals surface area (Å²) in [6, 6.07) is 21.0. The first-order valence-electron chi connectivity index (χ1n) is 11.9. The van der Waals surface area contributed by atoms with Crippen LogP contribution in [0.5, 0.6) is 0 Å². The SMILES string of the molecule is Cc1cccc(N2O[C@@H](c3ccccc3)[C@H]([N+](=O)[O-])[C@@]23C(=O)N(C(=O)OC(C)(C)C)c2ccccc23)c1. The third kappa shape index (κ3) is 3.82. The predicted molar refractivity (Wildman–Crippen MR) is 137 cm³/mol. The van der Waals surface area contributed by atoms with E-state index in [0.29, 0.717) is 16.8 Å². The van der Waals surface area contributed by atoms with Crippen molar-refractivity contribution in [3.05, 3.63) is 106 Å². The van der Waals surface area contributed by atoms with Gasteiger partial charge in [-0.15, -0.1) is 0 Å². The Hall–Kier alpha value is -4.24. The Morgan fingerprint density at radius 3 is 2.35 bits per heavy atom. The quantitative estimate of drug-likeness (QED) is 0.354. The van der Waals surface area contributed by atoms with Crippen LogP contribution in [0.2, 0.25) is 0 Å². The third-order valence-electron chi connectivity index (χ3n) is 6.51. The first kappa shape index (κ1) is 24.5. The lowest BCUT2D eigenvalue weighted by atomic mass is 9.80. The van der Waals surface area contributed by atoms with Crippen molar-refractivity contribution >= 4 is 23.4 Å². The third-order valence-corrected chi connectivity index (χ3v) is 6.51. The van der Waals surface area contributed by atoms with Gasteiger partial charge in [0.15, 0.2) is 6.10 Å². The van der Waals surface area contributed by atoms with E-state index < -0.39 is 40.2 Å². The lowest BCUT2D eigenvalue weighted by Crippen LogP contribution is -2.58. The largest absolute Gasteiger partial charge is 0.443 e. The van der Waals surface area contributed by atoms with E-state index in [1.165, 1.54) is 5.06 Å². The summed E-state index contributed by atoms with van der Waals surface area (Å²) in [4.78, 5) is 47.5. The number of imide groups is 1. The van der Waals surface area contributed by atoms with Crippen LogP contribution in [0.15, 0.2) is 78.9 Å². The van der Waals surface area contributed by atoms with Gasteiger partial charge in [-0.2, -0.15) is 0 Å². The van der Waals surface area contributed by atoms with E-state index >= 15 is 0 Å². The summed E-state index contributed by atoms with van der Waals surface area (Å²) in [6.45, 7) is 6.95. The van der Waals surface area contributed by atoms with Crippen LogP contribution in [0.3, 0.4) is 0 Å². The van der Waals surface area contributed by atoms with Gasteiger partial charge in [-0.1, -0.05) is 60.7 Å². The van der Waals surface area contributed by atoms with Crippen LogP contribution in [0.4, 0.5) is 16.2 Å². The number of hydrogen-bond acceptors (Lipinski definition) is 7. The Kier molecular flexibility index (Phi) is 5.75. The highest BCUT2D eigenvalue weighted by molar-refractivity contribution is 6.22. The number of anilines is 2. The number of nitrogens with zero attached hydrogens (tertiary/aromatic N) is 3. The van der Waals surface area contributed by atoms with Gasteiger partial charge in [0.2, 0.25) is 5.54 Å². The number of ether oxygens (including phenoxy) is 1. The van der Waals surface area contributed by atoms with E-state index in [1.807, 2.05) is 13.0 Å². The molecular formula is C28H27N3O6. The molecule has 1 fully saturated rings. The first-order chi connectivity index (χ1) is 17.6. The smallest absolute Gasteiger partial charge is 0.421 e. The summed E-state index contributed by atoms with van der Waals surface area (Å²) < 4.78 is 5.56. The molecule has 2 amide bonds. The van der Waals surface area contributed by atoms with Crippen LogP contribution >= 0.6 is 0 Å². The van der Waals surface area contributed by atoms with Gasteiger partial charge in [0.05, 0.1) is 11.4 Å². The summed E-state index contributed by atoms with van der Waals surface area (Å²) in [7, 11) is 0. The minimum Gasteiger partial charge on any atom is -0.443 e. The molecule has 0 unspecified atom stereocenters. The van der Waals surface area contributed by atoms with Crippen LogP contribution in [0.25, 0.3) is 0 Å². The summed E-state index contributed by atoms with van der Waals surface area (Å²) in [5.74, 6) is -0.801. The number of fused-ring (bicyclic) bond motifs is 2. The van der Waals surface area contributed by atoms with Crippen molar-refractivity contribution in [2.24, 2.45) is 0 Å². The number of nitro groups is 1. The molecule has 190 valence electrons. The number of benzene rings is 3. The molecule has 2 aliphatic rings. The second-order valence-electron chi connectivity index (χ2n) is 10.2. The fraction of sp³-hybridized carbons (Fsp3) is 0.286. The summed E-state index contributed by atoms with van der Waals surface area (Å²) in [5.41, 5.74) is -0.458. The minimum atomic E-state index is -1.97. The molecule has 9 heteroatoms. The summed E-state index contributed by atoms with van der Waals surface area (Å²) in [6.07, 6.45) is -2.01. The Balaban J connectivity index is 1.79. The number of carbonyl (C=O) groups excluding carboxylic acids is 2. The standard InChI is InChI=1S/C28H27N3O6/c1-18-11-10-14-20(17-18)30-28(24(31(34)35)23(37-30)19-12-6-5-7-13-19)21-15-8-9-16-22(21)29(25(28)32)26(33)36-27(2,3)4/h5-17,23-24H,1-4H3/t23-,24-,28-/m0/s1. The molecule has 5 rings (SSSR count). The van der Waals surface area contributed by atoms with Crippen LogP contribution in [-0.4, -0.2) is 28.6 Å². The molecule has 2 heterocycles. The van der Waals surface area contributed by atoms with E-state index in [1.54, 1.807) is 93.6 Å². The summed E-state index contributed by atoms with van der Waals surface area (Å²) >= 11 is 0. The van der Waals surface area contributed by atoms with Crippen molar-refractivity contribution in [2.75, 3.05) is 9.96 Å². The fourth-order valence-corrected chi connectivity index (χ4v) is 5.12. The minimum absolute atomic E-state index is 0.226. The zero-order valence-electron chi connectivity index (χ0n) is 21.0. The van der Waals surface area contributed by atoms with E-state index in [9.17, 15) is 19.7 Å². The number of aryl methyl sites for hydroxylation is 1. The van der Waals surface area contributed by atoms with E-state index in [2.05, 4.69) is 0 Å². The monoisotopic (exact) mass is 501 g/mol. The molecule has 2 aliphatic heterocycles. The zero-order chi connectivity index (χ0) is 26.5. The fourth-order valence-electron chi connectivity index (χ4n) is 5.12. The second-order valence-corrected chi connectivity index (χ2v) is 10.2. The maximum absolute atomic E-state index is 14.5. The highest BCUT2D eigenvalue weighted by Crippen LogP contribution is 2.56. The summed E-state index contributed by atoms with van der Waals surface area (Å²) in [5, 5.41) is 14.2. The Morgan fingerprint density at radius 2 is 1.70 bits per heavy atom. The van der Waals surface area contributed by atoms with Gasteiger partial charge in [-0.3, -0.25) is 19.7 Å². The normalized spacial score (nSPS) is 22.9. The molecular weight excluding hydrogens is 474 g/mol. The van der Waals surface area contributed by atoms with Crippen LogP contribution in [-0.2, 0) is 19.9 Å². The molecule has 9 nitrogen and oxygen atoms in total. The molecule has 0 aliphatic carbocycles. The number of hydroxylamine groups is 1. The van der Waals surface area contributed by atoms with Gasteiger partial charge >= 0.3 is 6.09 Å². The van der Waals surface area contributed by atoms with Crippen LogP contribution < -0.4 is 9.96 Å². The van der Waals surface area contributed by atoms with Gasteiger partial charge in [0.1, 0.15) is 5.60 Å².